The Morgan fingerprint density at radius 1 is 1.25 bits per heavy atom. The highest BCUT2D eigenvalue weighted by Crippen LogP contribution is 2.54. The number of aromatic nitrogens is 2. The normalized spacial score (nSPS) is 34.5. The molecule has 2 bridgehead atoms. The van der Waals surface area contributed by atoms with E-state index in [-0.39, 0.29) is 16.9 Å². The van der Waals surface area contributed by atoms with Gasteiger partial charge in [-0.25, -0.2) is 4.98 Å². The molecule has 0 saturated carbocycles. The van der Waals surface area contributed by atoms with Crippen LogP contribution < -0.4 is 5.32 Å². The molecule has 2 aliphatic heterocycles. The molecule has 3 atom stereocenters. The highest BCUT2D eigenvalue weighted by Gasteiger charge is 2.53. The van der Waals surface area contributed by atoms with Crippen molar-refractivity contribution in [3.8, 4) is 0 Å². The van der Waals surface area contributed by atoms with Gasteiger partial charge in [-0.2, -0.15) is 0 Å². The fourth-order valence-electron chi connectivity index (χ4n) is 5.24. The van der Waals surface area contributed by atoms with Crippen molar-refractivity contribution >= 4 is 11.0 Å². The molecule has 1 aromatic heterocycles. The summed E-state index contributed by atoms with van der Waals surface area (Å²) in [6, 6.07) is 5.27. The minimum absolute atomic E-state index is 0.155. The lowest BCUT2D eigenvalue weighted by Crippen LogP contribution is -2.62. The van der Waals surface area contributed by atoms with E-state index in [0.29, 0.717) is 6.04 Å². The summed E-state index contributed by atoms with van der Waals surface area (Å²) in [6.45, 7) is 9.29. The molecule has 2 aromatic rings. The van der Waals surface area contributed by atoms with Crippen molar-refractivity contribution in [1.82, 2.24) is 15.3 Å². The van der Waals surface area contributed by atoms with Gasteiger partial charge in [0, 0.05) is 18.1 Å². The Kier molecular flexibility index (Phi) is 3.00. The number of nitrogens with one attached hydrogen (secondary N) is 2. The molecule has 128 valence electrons. The number of hydrogen-bond donors (Lipinski definition) is 2. The monoisotopic (exact) mass is 325 g/mol. The summed E-state index contributed by atoms with van der Waals surface area (Å²) < 4.78 is 5.81. The van der Waals surface area contributed by atoms with Gasteiger partial charge in [0.15, 0.2) is 0 Å². The number of imidazole rings is 1. The van der Waals surface area contributed by atoms with Crippen LogP contribution in [0.3, 0.4) is 0 Å². The third-order valence-electron chi connectivity index (χ3n) is 7.29. The molecule has 3 heterocycles. The Bertz CT molecular complexity index is 803. The maximum atomic E-state index is 5.81. The number of H-pyrrole nitrogens is 1. The first-order valence-corrected chi connectivity index (χ1v) is 9.37. The lowest BCUT2D eigenvalue weighted by molar-refractivity contribution is 0.0561. The van der Waals surface area contributed by atoms with E-state index in [9.17, 15) is 0 Å². The van der Waals surface area contributed by atoms with E-state index in [1.807, 2.05) is 0 Å². The van der Waals surface area contributed by atoms with Gasteiger partial charge in [0.2, 0.25) is 0 Å². The SMILES string of the molecule is CC1(C)[C@H]2Cc3cc4[nH]c([C@@H]5CCCO5)nc4cc3[C@]1(C)CCN2. The van der Waals surface area contributed by atoms with Gasteiger partial charge >= 0.3 is 0 Å². The minimum Gasteiger partial charge on any atom is -0.370 e. The van der Waals surface area contributed by atoms with E-state index in [0.717, 1.165) is 43.8 Å². The van der Waals surface area contributed by atoms with Crippen LogP contribution in [0.25, 0.3) is 11.0 Å². The fraction of sp³-hybridized carbons (Fsp3) is 0.650. The van der Waals surface area contributed by atoms with Crippen molar-refractivity contribution in [1.29, 1.82) is 0 Å². The average molecular weight is 325 g/mol. The molecular formula is C20H27N3O. The number of benzene rings is 1. The van der Waals surface area contributed by atoms with Crippen molar-refractivity contribution in [3.63, 3.8) is 0 Å². The average Bonchev–Trinajstić information content (AvgIpc) is 3.18. The topological polar surface area (TPSA) is 49.9 Å². The van der Waals surface area contributed by atoms with Crippen LogP contribution in [0.15, 0.2) is 12.1 Å². The van der Waals surface area contributed by atoms with E-state index in [4.69, 9.17) is 9.72 Å². The zero-order valence-electron chi connectivity index (χ0n) is 14.9. The second-order valence-corrected chi connectivity index (χ2v) is 8.66. The minimum atomic E-state index is 0.155. The Hall–Kier alpha value is -1.39. The van der Waals surface area contributed by atoms with Crippen LogP contribution in [0.5, 0.6) is 0 Å². The van der Waals surface area contributed by atoms with Gasteiger partial charge in [-0.3, -0.25) is 0 Å². The molecule has 0 unspecified atom stereocenters. The first kappa shape index (κ1) is 14.9. The summed E-state index contributed by atoms with van der Waals surface area (Å²) >= 11 is 0. The quantitative estimate of drug-likeness (QED) is 0.842. The van der Waals surface area contributed by atoms with Crippen molar-refractivity contribution in [2.75, 3.05) is 13.2 Å². The van der Waals surface area contributed by atoms with Gasteiger partial charge in [0.25, 0.3) is 0 Å². The lowest BCUT2D eigenvalue weighted by Gasteiger charge is -2.57. The van der Waals surface area contributed by atoms with Gasteiger partial charge in [-0.15, -0.1) is 0 Å². The van der Waals surface area contributed by atoms with Crippen LogP contribution in [0, 0.1) is 5.41 Å². The molecule has 3 aliphatic rings. The van der Waals surface area contributed by atoms with Crippen molar-refractivity contribution < 1.29 is 4.74 Å². The van der Waals surface area contributed by atoms with Crippen LogP contribution >= 0.6 is 0 Å². The number of fused-ring (bicyclic) bond motifs is 5. The van der Waals surface area contributed by atoms with Gasteiger partial charge in [-0.1, -0.05) is 20.8 Å². The van der Waals surface area contributed by atoms with Crippen LogP contribution in [-0.4, -0.2) is 29.2 Å². The molecule has 2 fully saturated rings. The van der Waals surface area contributed by atoms with Crippen LogP contribution in [0.1, 0.15) is 63.1 Å². The number of nitrogens with zero attached hydrogens (tertiary/aromatic N) is 1. The molecule has 2 saturated heterocycles. The zero-order chi connectivity index (χ0) is 16.5. The van der Waals surface area contributed by atoms with E-state index in [1.54, 1.807) is 0 Å². The maximum Gasteiger partial charge on any atom is 0.136 e. The number of hydrogen-bond acceptors (Lipinski definition) is 3. The summed E-state index contributed by atoms with van der Waals surface area (Å²) in [6.07, 6.45) is 4.68. The first-order valence-electron chi connectivity index (χ1n) is 9.37. The lowest BCUT2D eigenvalue weighted by atomic mass is 9.51. The van der Waals surface area contributed by atoms with E-state index >= 15 is 0 Å². The highest BCUT2D eigenvalue weighted by atomic mass is 16.5. The summed E-state index contributed by atoms with van der Waals surface area (Å²) in [5.41, 5.74) is 5.76. The summed E-state index contributed by atoms with van der Waals surface area (Å²) in [5, 5.41) is 3.76. The predicted octanol–water partition coefficient (Wildman–Crippen LogP) is 3.62. The Morgan fingerprint density at radius 2 is 2.12 bits per heavy atom. The van der Waals surface area contributed by atoms with Crippen molar-refractivity contribution in [2.45, 2.75) is 64.0 Å². The molecular weight excluding hydrogens is 298 g/mol. The molecule has 24 heavy (non-hydrogen) atoms. The van der Waals surface area contributed by atoms with Crippen LogP contribution in [0.4, 0.5) is 0 Å². The smallest absolute Gasteiger partial charge is 0.136 e. The number of ether oxygens (including phenoxy) is 1. The second kappa shape index (κ2) is 4.83. The van der Waals surface area contributed by atoms with E-state index in [2.05, 4.69) is 43.2 Å². The fourth-order valence-corrected chi connectivity index (χ4v) is 5.24. The van der Waals surface area contributed by atoms with Gasteiger partial charge in [0.1, 0.15) is 11.9 Å². The predicted molar refractivity (Wildman–Crippen MR) is 95.3 cm³/mol. The van der Waals surface area contributed by atoms with Gasteiger partial charge in [0.05, 0.1) is 11.0 Å². The maximum absolute atomic E-state index is 5.81. The third-order valence-corrected chi connectivity index (χ3v) is 7.29. The number of piperidine rings is 1. The molecule has 4 nitrogen and oxygen atoms in total. The van der Waals surface area contributed by atoms with Crippen LogP contribution in [-0.2, 0) is 16.6 Å². The highest BCUT2D eigenvalue weighted by molar-refractivity contribution is 5.78. The number of rotatable bonds is 1. The van der Waals surface area contributed by atoms with Gasteiger partial charge < -0.3 is 15.0 Å². The first-order chi connectivity index (χ1) is 11.5. The summed E-state index contributed by atoms with van der Waals surface area (Å²) in [5.74, 6) is 1.01. The molecule has 0 amide bonds. The summed E-state index contributed by atoms with van der Waals surface area (Å²) in [4.78, 5) is 8.42. The van der Waals surface area contributed by atoms with E-state index in [1.165, 1.54) is 23.1 Å². The van der Waals surface area contributed by atoms with E-state index < -0.39 is 0 Å². The molecule has 0 spiro atoms. The molecule has 1 aromatic carbocycles. The molecule has 4 heteroatoms. The van der Waals surface area contributed by atoms with Crippen molar-refractivity contribution in [2.24, 2.45) is 5.41 Å². The number of aromatic amines is 1. The third kappa shape index (κ3) is 1.84. The Morgan fingerprint density at radius 3 is 2.92 bits per heavy atom. The van der Waals surface area contributed by atoms with Gasteiger partial charge in [-0.05, 0) is 60.9 Å². The molecule has 0 radical (unpaired) electrons. The molecule has 2 N–H and O–H groups in total. The Labute approximate surface area is 143 Å². The molecule has 5 rings (SSSR count). The van der Waals surface area contributed by atoms with Crippen molar-refractivity contribution in [3.05, 3.63) is 29.1 Å². The standard InChI is InChI=1S/C20H27N3O/c1-19(2)17-10-12-9-14-15(11-13(12)20(19,3)6-7-21-17)23-18(22-14)16-5-4-8-24-16/h9,11,16-17,21H,4-8,10H2,1-3H3,(H,22,23)/t16-,17+,20-/m0/s1. The Balaban J connectivity index is 1.66. The summed E-state index contributed by atoms with van der Waals surface area (Å²) in [7, 11) is 0. The second-order valence-electron chi connectivity index (χ2n) is 8.66. The zero-order valence-corrected chi connectivity index (χ0v) is 14.9. The van der Waals surface area contributed by atoms with Crippen LogP contribution in [0.2, 0.25) is 0 Å². The molecule has 1 aliphatic carbocycles. The largest absolute Gasteiger partial charge is 0.370 e.